The van der Waals surface area contributed by atoms with Gasteiger partial charge in [0, 0.05) is 5.41 Å². The van der Waals surface area contributed by atoms with E-state index in [0.717, 1.165) is 12.8 Å². The Morgan fingerprint density at radius 1 is 1.20 bits per heavy atom. The van der Waals surface area contributed by atoms with Crippen molar-refractivity contribution in [1.82, 2.24) is 0 Å². The summed E-state index contributed by atoms with van der Waals surface area (Å²) >= 11 is 0. The monoisotopic (exact) mass is 208 g/mol. The highest BCUT2D eigenvalue weighted by Gasteiger charge is 2.49. The van der Waals surface area contributed by atoms with Gasteiger partial charge >= 0.3 is 0 Å². The van der Waals surface area contributed by atoms with E-state index in [9.17, 15) is 0 Å². The largest absolute Gasteiger partial charge is 0.498 e. The predicted octanol–water partition coefficient (Wildman–Crippen LogP) is 4.43. The molecule has 0 saturated heterocycles. The minimum atomic E-state index is 0.549. The van der Waals surface area contributed by atoms with Crippen LogP contribution in [-0.2, 0) is 4.74 Å². The molecule has 1 heteroatoms. The van der Waals surface area contributed by atoms with Crippen LogP contribution in [0, 0.1) is 5.41 Å². The van der Waals surface area contributed by atoms with Crippen molar-refractivity contribution in [1.29, 1.82) is 0 Å². The molecular weight excluding hydrogens is 184 g/mol. The van der Waals surface area contributed by atoms with Gasteiger partial charge in [0.15, 0.2) is 0 Å². The lowest BCUT2D eigenvalue weighted by Crippen LogP contribution is -2.43. The second kappa shape index (κ2) is 4.59. The molecule has 1 spiro atoms. The normalized spacial score (nSPS) is 27.5. The van der Waals surface area contributed by atoms with Crippen LogP contribution in [0.2, 0.25) is 0 Å². The molecule has 86 valence electrons. The highest BCUT2D eigenvalue weighted by Crippen LogP contribution is 2.54. The summed E-state index contributed by atoms with van der Waals surface area (Å²) in [6, 6.07) is 0. The highest BCUT2D eigenvalue weighted by molar-refractivity contribution is 5.02. The number of allylic oxidation sites excluding steroid dienone is 1. The molecule has 0 amide bonds. The fourth-order valence-electron chi connectivity index (χ4n) is 3.13. The zero-order chi connectivity index (χ0) is 10.7. The van der Waals surface area contributed by atoms with Crippen molar-refractivity contribution >= 4 is 0 Å². The molecule has 2 aliphatic rings. The molecule has 0 N–H and O–H groups in total. The van der Waals surface area contributed by atoms with Crippen LogP contribution in [0.15, 0.2) is 11.8 Å². The van der Waals surface area contributed by atoms with Crippen LogP contribution in [0.4, 0.5) is 0 Å². The maximum Gasteiger partial charge on any atom is 0.103 e. The van der Waals surface area contributed by atoms with E-state index in [0.29, 0.717) is 11.5 Å². The van der Waals surface area contributed by atoms with Crippen LogP contribution in [0.3, 0.4) is 0 Å². The lowest BCUT2D eigenvalue weighted by atomic mass is 9.65. The fraction of sp³-hybridized carbons (Fsp3) is 0.857. The maximum absolute atomic E-state index is 6.00. The SMILES string of the molecule is CCC(=COC1CCC12CCCC2)CC. The molecule has 2 fully saturated rings. The zero-order valence-electron chi connectivity index (χ0n) is 10.2. The van der Waals surface area contributed by atoms with E-state index in [1.807, 2.05) is 0 Å². The van der Waals surface area contributed by atoms with Crippen LogP contribution in [0.25, 0.3) is 0 Å². The average molecular weight is 208 g/mol. The topological polar surface area (TPSA) is 9.23 Å². The summed E-state index contributed by atoms with van der Waals surface area (Å²) in [6.07, 6.45) is 13.3. The Balaban J connectivity index is 1.87. The van der Waals surface area contributed by atoms with E-state index in [1.54, 1.807) is 0 Å². The third-order valence-electron chi connectivity index (χ3n) is 4.49. The molecule has 0 heterocycles. The van der Waals surface area contributed by atoms with Gasteiger partial charge < -0.3 is 4.74 Å². The Hall–Kier alpha value is -0.460. The molecule has 0 aromatic carbocycles. The Morgan fingerprint density at radius 2 is 1.87 bits per heavy atom. The van der Waals surface area contributed by atoms with Gasteiger partial charge in [-0.15, -0.1) is 0 Å². The molecule has 0 bridgehead atoms. The Morgan fingerprint density at radius 3 is 2.33 bits per heavy atom. The van der Waals surface area contributed by atoms with E-state index in [2.05, 4.69) is 20.1 Å². The van der Waals surface area contributed by atoms with Gasteiger partial charge in [-0.1, -0.05) is 26.7 Å². The lowest BCUT2D eigenvalue weighted by Gasteiger charge is -2.46. The van der Waals surface area contributed by atoms with E-state index in [4.69, 9.17) is 4.74 Å². The quantitative estimate of drug-likeness (QED) is 0.621. The second-order valence-electron chi connectivity index (χ2n) is 5.22. The van der Waals surface area contributed by atoms with Crippen LogP contribution in [0.1, 0.15) is 65.2 Å². The van der Waals surface area contributed by atoms with E-state index in [1.165, 1.54) is 44.1 Å². The first kappa shape index (κ1) is 11.0. The van der Waals surface area contributed by atoms with Crippen molar-refractivity contribution in [2.45, 2.75) is 71.3 Å². The van der Waals surface area contributed by atoms with Crippen molar-refractivity contribution < 1.29 is 4.74 Å². The summed E-state index contributed by atoms with van der Waals surface area (Å²) in [6.45, 7) is 4.43. The molecule has 2 rings (SSSR count). The van der Waals surface area contributed by atoms with Gasteiger partial charge in [0.1, 0.15) is 6.10 Å². The van der Waals surface area contributed by atoms with Crippen molar-refractivity contribution in [3.05, 3.63) is 11.8 Å². The molecule has 0 aliphatic heterocycles. The van der Waals surface area contributed by atoms with Crippen molar-refractivity contribution in [3.63, 3.8) is 0 Å². The number of rotatable bonds is 4. The minimum absolute atomic E-state index is 0.549. The summed E-state index contributed by atoms with van der Waals surface area (Å²) in [4.78, 5) is 0. The fourth-order valence-corrected chi connectivity index (χ4v) is 3.13. The standard InChI is InChI=1S/C14H24O/c1-3-12(4-2)11-15-13-7-10-14(13)8-5-6-9-14/h11,13H,3-10H2,1-2H3. The van der Waals surface area contributed by atoms with Gasteiger partial charge in [-0.25, -0.2) is 0 Å². The first-order valence-corrected chi connectivity index (χ1v) is 6.64. The number of ether oxygens (including phenoxy) is 1. The molecule has 0 radical (unpaired) electrons. The first-order valence-electron chi connectivity index (χ1n) is 6.64. The van der Waals surface area contributed by atoms with E-state index in [-0.39, 0.29) is 0 Å². The number of hydrogen-bond donors (Lipinski definition) is 0. The number of hydrogen-bond acceptors (Lipinski definition) is 1. The third kappa shape index (κ3) is 2.07. The Bertz CT molecular complexity index is 230. The Labute approximate surface area is 93.9 Å². The smallest absolute Gasteiger partial charge is 0.103 e. The van der Waals surface area contributed by atoms with Crippen LogP contribution in [-0.4, -0.2) is 6.10 Å². The van der Waals surface area contributed by atoms with Crippen LogP contribution < -0.4 is 0 Å². The van der Waals surface area contributed by atoms with Crippen LogP contribution >= 0.6 is 0 Å². The van der Waals surface area contributed by atoms with E-state index < -0.39 is 0 Å². The summed E-state index contributed by atoms with van der Waals surface area (Å²) in [5, 5.41) is 0. The van der Waals surface area contributed by atoms with Gasteiger partial charge in [0.2, 0.25) is 0 Å². The molecule has 1 nitrogen and oxygen atoms in total. The third-order valence-corrected chi connectivity index (χ3v) is 4.49. The highest BCUT2D eigenvalue weighted by atomic mass is 16.5. The summed E-state index contributed by atoms with van der Waals surface area (Å²) in [5.74, 6) is 0. The molecule has 0 aromatic rings. The summed E-state index contributed by atoms with van der Waals surface area (Å²) in [5.41, 5.74) is 2.05. The molecule has 0 aromatic heterocycles. The summed E-state index contributed by atoms with van der Waals surface area (Å²) < 4.78 is 6.00. The van der Waals surface area contributed by atoms with Gasteiger partial charge in [-0.2, -0.15) is 0 Å². The molecule has 2 aliphatic carbocycles. The average Bonchev–Trinajstić information content (AvgIpc) is 2.74. The van der Waals surface area contributed by atoms with E-state index >= 15 is 0 Å². The predicted molar refractivity (Wildman–Crippen MR) is 63.7 cm³/mol. The molecule has 1 unspecified atom stereocenters. The minimum Gasteiger partial charge on any atom is -0.498 e. The maximum atomic E-state index is 6.00. The van der Waals surface area contributed by atoms with Crippen molar-refractivity contribution in [3.8, 4) is 0 Å². The molecule has 1 atom stereocenters. The van der Waals surface area contributed by atoms with Gasteiger partial charge in [0.05, 0.1) is 6.26 Å². The van der Waals surface area contributed by atoms with Gasteiger partial charge in [-0.05, 0) is 44.1 Å². The van der Waals surface area contributed by atoms with Crippen molar-refractivity contribution in [2.75, 3.05) is 0 Å². The second-order valence-corrected chi connectivity index (χ2v) is 5.22. The van der Waals surface area contributed by atoms with Gasteiger partial charge in [-0.3, -0.25) is 0 Å². The van der Waals surface area contributed by atoms with Gasteiger partial charge in [0.25, 0.3) is 0 Å². The zero-order valence-corrected chi connectivity index (χ0v) is 10.2. The first-order chi connectivity index (χ1) is 7.30. The van der Waals surface area contributed by atoms with Crippen LogP contribution in [0.5, 0.6) is 0 Å². The summed E-state index contributed by atoms with van der Waals surface area (Å²) in [7, 11) is 0. The van der Waals surface area contributed by atoms with Crippen molar-refractivity contribution in [2.24, 2.45) is 5.41 Å². The molecule has 15 heavy (non-hydrogen) atoms. The Kier molecular flexibility index (Phi) is 3.38. The lowest BCUT2D eigenvalue weighted by molar-refractivity contribution is -0.0691. The molecule has 2 saturated carbocycles. The molecular formula is C14H24O.